The Kier molecular flexibility index (Phi) is 5.23. The molecule has 11 heteroatoms. The summed E-state index contributed by atoms with van der Waals surface area (Å²) >= 11 is 5.89. The average molecular weight is 318 g/mol. The highest BCUT2D eigenvalue weighted by Crippen LogP contribution is 2.20. The first kappa shape index (κ1) is 15.7. The van der Waals surface area contributed by atoms with E-state index in [1.54, 1.807) is 0 Å². The van der Waals surface area contributed by atoms with Gasteiger partial charge in [0.1, 0.15) is 6.33 Å². The summed E-state index contributed by atoms with van der Waals surface area (Å²) in [5.41, 5.74) is 2.84. The molecule has 0 fully saturated rings. The van der Waals surface area contributed by atoms with Crippen molar-refractivity contribution in [2.75, 3.05) is 11.3 Å². The molecule has 0 radical (unpaired) electrons. The first-order chi connectivity index (χ1) is 9.08. The molecule has 0 aliphatic carbocycles. The van der Waals surface area contributed by atoms with Gasteiger partial charge >= 0.3 is 0 Å². The van der Waals surface area contributed by atoms with Gasteiger partial charge in [-0.1, -0.05) is 11.6 Å². The monoisotopic (exact) mass is 317 g/mol. The Hall–Kier alpha value is -2.39. The number of nitro groups is 1. The van der Waals surface area contributed by atoms with Crippen LogP contribution in [-0.2, 0) is 0 Å². The zero-order chi connectivity index (χ0) is 13.8. The van der Waals surface area contributed by atoms with Crippen LogP contribution in [0.4, 0.5) is 11.6 Å². The average Bonchev–Trinajstić information content (AvgIpc) is 2.77. The smallest absolute Gasteiger partial charge is 0.270 e. The second-order valence-corrected chi connectivity index (χ2v) is 3.80. The normalized spacial score (nSPS) is 10.2. The Labute approximate surface area is 124 Å². The van der Waals surface area contributed by atoms with E-state index in [-0.39, 0.29) is 24.0 Å². The quantitative estimate of drug-likeness (QED) is 0.380. The molecule has 3 N–H and O–H groups in total. The predicted molar refractivity (Wildman–Crippen MR) is 76.7 cm³/mol. The summed E-state index contributed by atoms with van der Waals surface area (Å²) in [6.45, 7) is 0. The van der Waals surface area contributed by atoms with Gasteiger partial charge < -0.3 is 5.84 Å². The molecule has 1 aromatic heterocycles. The zero-order valence-electron chi connectivity index (χ0n) is 9.80. The Morgan fingerprint density at radius 2 is 2.30 bits per heavy atom. The van der Waals surface area contributed by atoms with E-state index in [1.807, 2.05) is 0 Å². The van der Waals surface area contributed by atoms with Crippen molar-refractivity contribution >= 4 is 41.9 Å². The van der Waals surface area contributed by atoms with E-state index in [2.05, 4.69) is 20.7 Å². The van der Waals surface area contributed by atoms with Gasteiger partial charge in [0.25, 0.3) is 11.6 Å². The molecular weight excluding hydrogens is 309 g/mol. The molecule has 0 bridgehead atoms. The third-order valence-electron chi connectivity index (χ3n) is 2.13. The Bertz CT molecular complexity index is 643. The molecule has 106 valence electrons. The summed E-state index contributed by atoms with van der Waals surface area (Å²) < 4.78 is 1.13. The summed E-state index contributed by atoms with van der Waals surface area (Å²) in [5.74, 6) is 5.67. The molecule has 2 rings (SSSR count). The lowest BCUT2D eigenvalue weighted by molar-refractivity contribution is -0.384. The first-order valence-corrected chi connectivity index (χ1v) is 5.34. The zero-order valence-corrected chi connectivity index (χ0v) is 11.4. The van der Waals surface area contributed by atoms with Gasteiger partial charge in [-0.05, 0) is 6.07 Å². The molecule has 0 spiro atoms. The molecule has 2 aromatic rings. The minimum Gasteiger partial charge on any atom is -0.335 e. The van der Waals surface area contributed by atoms with Crippen LogP contribution in [0.25, 0.3) is 0 Å². The van der Waals surface area contributed by atoms with Crippen molar-refractivity contribution in [1.29, 1.82) is 0 Å². The van der Waals surface area contributed by atoms with Crippen molar-refractivity contribution in [3.63, 3.8) is 0 Å². The molecule has 0 amide bonds. The maximum atomic E-state index is 10.6. The summed E-state index contributed by atoms with van der Waals surface area (Å²) in [7, 11) is 0. The van der Waals surface area contributed by atoms with Crippen molar-refractivity contribution in [3.8, 4) is 0 Å². The van der Waals surface area contributed by atoms with Crippen molar-refractivity contribution in [2.45, 2.75) is 0 Å². The van der Waals surface area contributed by atoms with Gasteiger partial charge in [-0.25, -0.2) is 10.1 Å². The lowest BCUT2D eigenvalue weighted by Crippen LogP contribution is -2.10. The van der Waals surface area contributed by atoms with Crippen LogP contribution in [0.5, 0.6) is 0 Å². The molecule has 0 atom stereocenters. The highest BCUT2D eigenvalue weighted by atomic mass is 35.5. The summed E-state index contributed by atoms with van der Waals surface area (Å²) in [6, 6.07) is 4.04. The second kappa shape index (κ2) is 6.68. The fourth-order valence-corrected chi connectivity index (χ4v) is 1.39. The number of nitrogens with zero attached hydrogens (tertiary/aromatic N) is 5. The lowest BCUT2D eigenvalue weighted by Gasteiger charge is -1.99. The molecule has 20 heavy (non-hydrogen) atoms. The van der Waals surface area contributed by atoms with E-state index < -0.39 is 4.92 Å². The number of non-ortho nitro benzene ring substituents is 1. The lowest BCUT2D eigenvalue weighted by atomic mass is 10.2. The van der Waals surface area contributed by atoms with Crippen molar-refractivity contribution < 1.29 is 4.92 Å². The van der Waals surface area contributed by atoms with Crippen LogP contribution >= 0.6 is 24.0 Å². The number of hydrogen-bond donors (Lipinski definition) is 2. The van der Waals surface area contributed by atoms with Gasteiger partial charge in [-0.2, -0.15) is 5.10 Å². The molecule has 0 saturated carbocycles. The van der Waals surface area contributed by atoms with E-state index in [1.165, 1.54) is 30.7 Å². The molecule has 0 aliphatic rings. The molecule has 1 aromatic carbocycles. The third-order valence-corrected chi connectivity index (χ3v) is 2.48. The van der Waals surface area contributed by atoms with Crippen LogP contribution < -0.4 is 11.3 Å². The van der Waals surface area contributed by atoms with Gasteiger partial charge in [0.05, 0.1) is 11.1 Å². The van der Waals surface area contributed by atoms with Gasteiger partial charge in [-0.15, -0.1) is 22.6 Å². The van der Waals surface area contributed by atoms with E-state index >= 15 is 0 Å². The SMILES string of the molecule is Cl.Nn1cnnc1N/N=C/c1cc([N+](=O)[O-])ccc1Cl. The van der Waals surface area contributed by atoms with E-state index in [0.29, 0.717) is 10.6 Å². The van der Waals surface area contributed by atoms with Crippen LogP contribution in [0.2, 0.25) is 5.02 Å². The van der Waals surface area contributed by atoms with Gasteiger partial charge in [0, 0.05) is 22.7 Å². The summed E-state index contributed by atoms with van der Waals surface area (Å²) in [6.07, 6.45) is 2.61. The largest absolute Gasteiger partial charge is 0.335 e. The number of aromatic nitrogens is 3. The van der Waals surface area contributed by atoms with Gasteiger partial charge in [0.2, 0.25) is 0 Å². The van der Waals surface area contributed by atoms with E-state index in [9.17, 15) is 10.1 Å². The van der Waals surface area contributed by atoms with Crippen LogP contribution in [0.15, 0.2) is 29.6 Å². The fraction of sp³-hybridized carbons (Fsp3) is 0. The number of rotatable bonds is 4. The minimum absolute atomic E-state index is 0. The number of anilines is 1. The number of nitro benzene ring substituents is 1. The van der Waals surface area contributed by atoms with Crippen LogP contribution in [0.3, 0.4) is 0 Å². The maximum Gasteiger partial charge on any atom is 0.270 e. The van der Waals surface area contributed by atoms with E-state index in [4.69, 9.17) is 17.4 Å². The highest BCUT2D eigenvalue weighted by Gasteiger charge is 2.08. The standard InChI is InChI=1S/C9H8ClN7O2.ClH/c10-8-2-1-7(17(18)19)3-6(8)4-12-14-9-15-13-5-16(9)11;/h1-5H,11H2,(H,14,15);1H/b12-4+;. The highest BCUT2D eigenvalue weighted by molar-refractivity contribution is 6.33. The molecule has 1 heterocycles. The van der Waals surface area contributed by atoms with Crippen molar-refractivity contribution in [3.05, 3.63) is 45.2 Å². The van der Waals surface area contributed by atoms with Crippen LogP contribution in [-0.4, -0.2) is 26.0 Å². The molecule has 0 unspecified atom stereocenters. The third kappa shape index (κ3) is 3.56. The number of nitrogens with one attached hydrogen (secondary N) is 1. The van der Waals surface area contributed by atoms with Crippen LogP contribution in [0, 0.1) is 10.1 Å². The Balaban J connectivity index is 0.00000200. The number of benzene rings is 1. The topological polar surface area (TPSA) is 124 Å². The van der Waals surface area contributed by atoms with Gasteiger partial charge in [0.15, 0.2) is 0 Å². The number of nitrogens with two attached hydrogens (primary N) is 1. The van der Waals surface area contributed by atoms with Gasteiger partial charge in [-0.3, -0.25) is 10.1 Å². The molecule has 0 saturated heterocycles. The number of hydrazone groups is 1. The first-order valence-electron chi connectivity index (χ1n) is 4.96. The van der Waals surface area contributed by atoms with Crippen LogP contribution in [0.1, 0.15) is 5.56 Å². The maximum absolute atomic E-state index is 10.6. The molecular formula is C9H9Cl2N7O2. The number of nitrogen functional groups attached to an aromatic ring is 1. The summed E-state index contributed by atoms with van der Waals surface area (Å²) in [5, 5.41) is 22.0. The predicted octanol–water partition coefficient (Wildman–Crippen LogP) is 1.42. The van der Waals surface area contributed by atoms with Crippen molar-refractivity contribution in [2.24, 2.45) is 5.10 Å². The fourth-order valence-electron chi connectivity index (χ4n) is 1.23. The second-order valence-electron chi connectivity index (χ2n) is 3.39. The summed E-state index contributed by atoms with van der Waals surface area (Å²) in [4.78, 5) is 10.1. The number of halogens is 2. The Morgan fingerprint density at radius 1 is 1.55 bits per heavy atom. The molecule has 9 nitrogen and oxygen atoms in total. The molecule has 0 aliphatic heterocycles. The number of hydrogen-bond acceptors (Lipinski definition) is 7. The minimum atomic E-state index is -0.516. The Morgan fingerprint density at radius 3 is 2.90 bits per heavy atom. The van der Waals surface area contributed by atoms with Crippen molar-refractivity contribution in [1.82, 2.24) is 14.9 Å². The van der Waals surface area contributed by atoms with E-state index in [0.717, 1.165) is 4.68 Å².